The van der Waals surface area contributed by atoms with Crippen molar-refractivity contribution < 1.29 is 19.1 Å². The van der Waals surface area contributed by atoms with E-state index >= 15 is 0 Å². The number of piperidine rings is 2. The molecule has 2 fully saturated rings. The smallest absolute Gasteiger partial charge is 0.264 e. The van der Waals surface area contributed by atoms with Crippen molar-refractivity contribution in [2.45, 2.75) is 37.3 Å². The van der Waals surface area contributed by atoms with Gasteiger partial charge in [-0.25, -0.2) is 9.67 Å². The van der Waals surface area contributed by atoms with Crippen LogP contribution in [0.25, 0.3) is 16.7 Å². The third kappa shape index (κ3) is 5.44. The van der Waals surface area contributed by atoms with Crippen molar-refractivity contribution in [2.75, 3.05) is 47.4 Å². The topological polar surface area (TPSA) is 102 Å². The Morgan fingerprint density at radius 2 is 1.81 bits per heavy atom. The molecule has 2 aromatic carbocycles. The van der Waals surface area contributed by atoms with Crippen LogP contribution in [0.1, 0.15) is 30.7 Å². The van der Waals surface area contributed by atoms with Crippen LogP contribution in [-0.2, 0) is 11.3 Å². The minimum atomic E-state index is -1.10. The molecule has 1 amide bonds. The number of hydrogen-bond acceptors (Lipinski definition) is 6. The van der Waals surface area contributed by atoms with Crippen LogP contribution in [0.5, 0.6) is 5.75 Å². The fraction of sp³-hybridized carbons (Fsp3) is 0.438. The number of methoxy groups -OCH3 is 1. The van der Waals surface area contributed by atoms with Crippen LogP contribution in [0.3, 0.4) is 0 Å². The van der Waals surface area contributed by atoms with Crippen LogP contribution < -0.4 is 10.3 Å². The van der Waals surface area contributed by atoms with Gasteiger partial charge in [0.15, 0.2) is 5.65 Å². The van der Waals surface area contributed by atoms with E-state index in [4.69, 9.17) is 4.74 Å². The fourth-order valence-corrected chi connectivity index (χ4v) is 6.60. The highest BCUT2D eigenvalue weighted by atomic mass is 16.5. The summed E-state index contributed by atoms with van der Waals surface area (Å²) < 4.78 is 9.21. The molecule has 10 heteroatoms. The lowest BCUT2D eigenvalue weighted by atomic mass is 9.78. The summed E-state index contributed by atoms with van der Waals surface area (Å²) in [4.78, 5) is 33.6. The Labute approximate surface area is 245 Å². The molecule has 220 valence electrons. The van der Waals surface area contributed by atoms with Gasteiger partial charge in [0, 0.05) is 25.4 Å². The van der Waals surface area contributed by atoms with E-state index in [1.807, 2.05) is 47.4 Å². The highest BCUT2D eigenvalue weighted by Gasteiger charge is 2.43. The molecule has 2 aromatic heterocycles. The summed E-state index contributed by atoms with van der Waals surface area (Å²) in [7, 11) is 6.07. The second-order valence-corrected chi connectivity index (χ2v) is 12.5. The third-order valence-corrected chi connectivity index (χ3v) is 9.11. The molecule has 42 heavy (non-hydrogen) atoms. The number of rotatable bonds is 6. The molecule has 0 spiro atoms. The number of carbonyl (C=O) groups excluding carboxylic acids is 1. The van der Waals surface area contributed by atoms with E-state index in [2.05, 4.69) is 36.3 Å². The summed E-state index contributed by atoms with van der Waals surface area (Å²) in [5.41, 5.74) is 1.08. The molecular formula is C32H39N6O4+. The first-order valence-electron chi connectivity index (χ1n) is 14.6. The zero-order chi connectivity index (χ0) is 29.5. The van der Waals surface area contributed by atoms with E-state index in [1.54, 1.807) is 11.8 Å². The number of fused-ring (bicyclic) bond motifs is 1. The highest BCUT2D eigenvalue weighted by Crippen LogP contribution is 2.37. The average molecular weight is 572 g/mol. The van der Waals surface area contributed by atoms with Crippen molar-refractivity contribution in [2.24, 2.45) is 5.92 Å². The van der Waals surface area contributed by atoms with E-state index in [1.165, 1.54) is 22.7 Å². The Hall–Kier alpha value is -4.02. The van der Waals surface area contributed by atoms with Crippen LogP contribution in [0, 0.1) is 5.92 Å². The second-order valence-electron chi connectivity index (χ2n) is 12.5. The number of aromatic nitrogens is 4. The summed E-state index contributed by atoms with van der Waals surface area (Å²) in [5.74, 6) is 1.00. The lowest BCUT2D eigenvalue weighted by molar-refractivity contribution is -0.897. The van der Waals surface area contributed by atoms with E-state index in [9.17, 15) is 14.7 Å². The van der Waals surface area contributed by atoms with Crippen LogP contribution in [-0.4, -0.2) is 92.7 Å². The Kier molecular flexibility index (Phi) is 7.36. The second kappa shape index (κ2) is 11.0. The minimum Gasteiger partial charge on any atom is -0.497 e. The van der Waals surface area contributed by atoms with E-state index < -0.39 is 5.60 Å². The lowest BCUT2D eigenvalue weighted by Gasteiger charge is -2.45. The molecule has 0 saturated carbocycles. The Morgan fingerprint density at radius 1 is 1.10 bits per heavy atom. The largest absolute Gasteiger partial charge is 0.497 e. The van der Waals surface area contributed by atoms with Crippen LogP contribution >= 0.6 is 0 Å². The molecule has 2 aliphatic rings. The van der Waals surface area contributed by atoms with Gasteiger partial charge in [0.1, 0.15) is 17.5 Å². The number of carbonyl (C=O) groups is 1. The summed E-state index contributed by atoms with van der Waals surface area (Å²) in [6.07, 6.45) is 4.65. The number of amides is 1. The van der Waals surface area contributed by atoms with Gasteiger partial charge >= 0.3 is 0 Å². The fourth-order valence-electron chi connectivity index (χ4n) is 6.60. The number of hydrogen-bond donors (Lipinski definition) is 1. The monoisotopic (exact) mass is 571 g/mol. The van der Waals surface area contributed by atoms with Crippen LogP contribution in [0.4, 0.5) is 0 Å². The molecule has 10 nitrogen and oxygen atoms in total. The van der Waals surface area contributed by atoms with E-state index in [0.717, 1.165) is 35.4 Å². The quantitative estimate of drug-likeness (QED) is 0.357. The van der Waals surface area contributed by atoms with Gasteiger partial charge in [-0.3, -0.25) is 14.2 Å². The van der Waals surface area contributed by atoms with Gasteiger partial charge in [-0.15, -0.1) is 0 Å². The van der Waals surface area contributed by atoms with Crippen LogP contribution in [0.2, 0.25) is 0 Å². The van der Waals surface area contributed by atoms with Crippen molar-refractivity contribution in [3.63, 3.8) is 0 Å². The summed E-state index contributed by atoms with van der Waals surface area (Å²) in [6, 6.07) is 17.7. The summed E-state index contributed by atoms with van der Waals surface area (Å²) in [6.45, 7) is 2.93. The van der Waals surface area contributed by atoms with E-state index in [0.29, 0.717) is 37.0 Å². The molecule has 0 aliphatic carbocycles. The maximum absolute atomic E-state index is 13.8. The molecular weight excluding hydrogens is 532 g/mol. The zero-order valence-electron chi connectivity index (χ0n) is 24.5. The van der Waals surface area contributed by atoms with Crippen molar-refractivity contribution in [3.8, 4) is 11.4 Å². The maximum Gasteiger partial charge on any atom is 0.264 e. The molecule has 4 heterocycles. The Bertz CT molecular complexity index is 1620. The number of likely N-dealkylation sites (N-methyl/N-ethyl adjacent to an activating group) is 1. The number of nitrogens with zero attached hydrogens (tertiary/aromatic N) is 6. The lowest BCUT2D eigenvalue weighted by Crippen LogP contribution is -2.55. The number of quaternary nitrogens is 1. The van der Waals surface area contributed by atoms with Crippen molar-refractivity contribution >= 4 is 16.9 Å². The SMILES string of the molecule is COc1ccc(-n2ncc3c(=O)n(CC4(O)CCN(C(=O)[C@@H]5CC[N+](C)(C)C[C@H]5c5ccccc5)CC4)cnc32)cc1. The number of likely N-dealkylation sites (tertiary alicyclic amines) is 2. The summed E-state index contributed by atoms with van der Waals surface area (Å²) in [5, 5.41) is 16.3. The van der Waals surface area contributed by atoms with Gasteiger partial charge in [-0.2, -0.15) is 5.10 Å². The molecule has 2 atom stereocenters. The minimum absolute atomic E-state index is 0.0683. The van der Waals surface area contributed by atoms with Crippen molar-refractivity contribution in [1.82, 2.24) is 24.2 Å². The standard InChI is InChI=1S/C32H39N6O4/c1-38(2)18-13-26(28(20-38)23-7-5-4-6-8-23)30(39)35-16-14-32(41,15-17-35)21-36-22-33-29-27(31(36)40)19-34-37(29)24-9-11-25(42-3)12-10-24/h4-12,19,22,26,28,41H,13-18,20-21H2,1-3H3/q+1/t26-,28+/m1/s1. The predicted octanol–water partition coefficient (Wildman–Crippen LogP) is 2.82. The Morgan fingerprint density at radius 3 is 2.50 bits per heavy atom. The molecule has 4 aromatic rings. The van der Waals surface area contributed by atoms with Crippen molar-refractivity contribution in [1.29, 1.82) is 0 Å². The van der Waals surface area contributed by atoms with Gasteiger partial charge in [0.25, 0.3) is 5.56 Å². The van der Waals surface area contributed by atoms with Crippen LogP contribution in [0.15, 0.2) is 71.9 Å². The first kappa shape index (κ1) is 28.1. The van der Waals surface area contributed by atoms with E-state index in [-0.39, 0.29) is 29.8 Å². The zero-order valence-corrected chi connectivity index (χ0v) is 24.5. The number of ether oxygens (including phenoxy) is 1. The predicted molar refractivity (Wildman–Crippen MR) is 160 cm³/mol. The first-order chi connectivity index (χ1) is 20.2. The first-order valence-corrected chi connectivity index (χ1v) is 14.6. The van der Waals surface area contributed by atoms with Gasteiger partial charge in [-0.05, 0) is 42.7 Å². The maximum atomic E-state index is 13.8. The third-order valence-electron chi connectivity index (χ3n) is 9.11. The summed E-state index contributed by atoms with van der Waals surface area (Å²) >= 11 is 0. The van der Waals surface area contributed by atoms with Crippen molar-refractivity contribution in [3.05, 3.63) is 83.0 Å². The van der Waals surface area contributed by atoms with Gasteiger partial charge in [0.2, 0.25) is 5.91 Å². The van der Waals surface area contributed by atoms with Gasteiger partial charge < -0.3 is 19.2 Å². The average Bonchev–Trinajstić information content (AvgIpc) is 3.44. The molecule has 0 bridgehead atoms. The normalized spacial score (nSPS) is 21.8. The molecule has 1 N–H and O–H groups in total. The highest BCUT2D eigenvalue weighted by molar-refractivity contribution is 5.80. The molecule has 0 radical (unpaired) electrons. The number of aliphatic hydroxyl groups is 1. The molecule has 2 saturated heterocycles. The molecule has 2 aliphatic heterocycles. The number of benzene rings is 2. The molecule has 6 rings (SSSR count). The molecule has 0 unspecified atom stereocenters. The van der Waals surface area contributed by atoms with Gasteiger partial charge in [0.05, 0.1) is 64.2 Å². The Balaban J connectivity index is 1.15. The van der Waals surface area contributed by atoms with Gasteiger partial charge in [-0.1, -0.05) is 30.3 Å².